The topological polar surface area (TPSA) is 218 Å². The van der Waals surface area contributed by atoms with Gasteiger partial charge in [-0.2, -0.15) is 0 Å². The fourth-order valence-electron chi connectivity index (χ4n) is 5.32. The van der Waals surface area contributed by atoms with Gasteiger partial charge in [-0.3, -0.25) is 27.7 Å². The van der Waals surface area contributed by atoms with Gasteiger partial charge in [-0.25, -0.2) is 9.13 Å². The molecule has 51 heavy (non-hydrogen) atoms. The second-order valence-corrected chi connectivity index (χ2v) is 14.5. The van der Waals surface area contributed by atoms with Crippen LogP contribution in [0.15, 0.2) is 85.1 Å². The molecule has 15 nitrogen and oxygen atoms in total. The van der Waals surface area contributed by atoms with Crippen LogP contribution in [0.5, 0.6) is 0 Å². The van der Waals surface area contributed by atoms with Crippen LogP contribution in [0.25, 0.3) is 10.9 Å². The molecule has 1 aliphatic heterocycles. The van der Waals surface area contributed by atoms with Crippen LogP contribution in [-0.2, 0) is 43.1 Å². The Kier molecular flexibility index (Phi) is 13.9. The maximum atomic E-state index is 12.7. The molecule has 4 aromatic rings. The van der Waals surface area contributed by atoms with Crippen molar-refractivity contribution in [3.05, 3.63) is 107 Å². The molecule has 1 aromatic heterocycles. The maximum Gasteiger partial charge on any atom is 0.472 e. The molecule has 17 heteroatoms. The molecule has 1 saturated heterocycles. The SMILES string of the molecule is N[C@H](COP(=O)(O)O[C@H]1CCO[C@@H]1COP(=O)(O)OCCOCCNC(=O)c1ccc(C(=O)c2ccccc2)cc1)Cc1c[nH]c2ccccc12. The van der Waals surface area contributed by atoms with Crippen molar-refractivity contribution in [1.29, 1.82) is 0 Å². The molecule has 6 N–H and O–H groups in total. The van der Waals surface area contributed by atoms with Gasteiger partial charge < -0.3 is 35.3 Å². The summed E-state index contributed by atoms with van der Waals surface area (Å²) in [6, 6.07) is 22.2. The molecule has 1 aliphatic rings. The van der Waals surface area contributed by atoms with Gasteiger partial charge in [-0.05, 0) is 30.2 Å². The smallest absolute Gasteiger partial charge is 0.377 e. The summed E-state index contributed by atoms with van der Waals surface area (Å²) >= 11 is 0. The molecule has 0 bridgehead atoms. The van der Waals surface area contributed by atoms with Crippen LogP contribution in [-0.4, -0.2) is 90.9 Å². The third-order valence-corrected chi connectivity index (χ3v) is 9.88. The number of nitrogens with one attached hydrogen (secondary N) is 2. The summed E-state index contributed by atoms with van der Waals surface area (Å²) in [7, 11) is -9.08. The highest BCUT2D eigenvalue weighted by molar-refractivity contribution is 7.47. The minimum absolute atomic E-state index is 0.0702. The monoisotopic (exact) mass is 745 g/mol. The van der Waals surface area contributed by atoms with E-state index in [-0.39, 0.29) is 57.7 Å². The summed E-state index contributed by atoms with van der Waals surface area (Å²) in [4.78, 5) is 48.5. The third kappa shape index (κ3) is 11.7. The predicted octanol–water partition coefficient (Wildman–Crippen LogP) is 4.14. The Morgan fingerprint density at radius 1 is 0.882 bits per heavy atom. The van der Waals surface area contributed by atoms with E-state index in [2.05, 4.69) is 10.3 Å². The van der Waals surface area contributed by atoms with Crippen molar-refractivity contribution in [3.8, 4) is 0 Å². The first kappa shape index (κ1) is 38.7. The first-order valence-corrected chi connectivity index (χ1v) is 19.2. The largest absolute Gasteiger partial charge is 0.472 e. The Morgan fingerprint density at radius 3 is 2.37 bits per heavy atom. The fraction of sp³-hybridized carbons (Fsp3) is 0.353. The van der Waals surface area contributed by atoms with Gasteiger partial charge >= 0.3 is 15.6 Å². The van der Waals surface area contributed by atoms with E-state index >= 15 is 0 Å². The molecule has 1 fully saturated rings. The highest BCUT2D eigenvalue weighted by Crippen LogP contribution is 2.48. The van der Waals surface area contributed by atoms with Gasteiger partial charge in [0.15, 0.2) is 5.78 Å². The maximum absolute atomic E-state index is 12.7. The molecule has 0 saturated carbocycles. The average Bonchev–Trinajstić information content (AvgIpc) is 3.75. The van der Waals surface area contributed by atoms with E-state index in [4.69, 9.17) is 33.3 Å². The van der Waals surface area contributed by atoms with Crippen LogP contribution in [0.3, 0.4) is 0 Å². The fourth-order valence-corrected chi connectivity index (χ4v) is 7.06. The van der Waals surface area contributed by atoms with Crippen LogP contribution in [0.2, 0.25) is 0 Å². The van der Waals surface area contributed by atoms with E-state index in [0.29, 0.717) is 23.1 Å². The number of phosphoric ester groups is 2. The molecule has 1 amide bonds. The van der Waals surface area contributed by atoms with Crippen molar-refractivity contribution in [3.63, 3.8) is 0 Å². The zero-order valence-electron chi connectivity index (χ0n) is 27.6. The highest BCUT2D eigenvalue weighted by Gasteiger charge is 2.38. The third-order valence-electron chi connectivity index (χ3n) is 7.89. The van der Waals surface area contributed by atoms with E-state index in [9.17, 15) is 28.5 Å². The average molecular weight is 746 g/mol. The van der Waals surface area contributed by atoms with E-state index < -0.39 is 40.5 Å². The Morgan fingerprint density at radius 2 is 1.59 bits per heavy atom. The second kappa shape index (κ2) is 18.3. The number of amides is 1. The number of hydrogen-bond donors (Lipinski definition) is 5. The summed E-state index contributed by atoms with van der Waals surface area (Å²) in [5.74, 6) is -0.497. The molecule has 5 rings (SSSR count). The van der Waals surface area contributed by atoms with Crippen LogP contribution in [0, 0.1) is 0 Å². The van der Waals surface area contributed by atoms with Crippen LogP contribution >= 0.6 is 15.6 Å². The first-order valence-electron chi connectivity index (χ1n) is 16.3. The van der Waals surface area contributed by atoms with Gasteiger partial charge in [-0.15, -0.1) is 0 Å². The van der Waals surface area contributed by atoms with E-state index in [1.54, 1.807) is 48.5 Å². The normalized spacial score (nSPS) is 19.0. The molecule has 0 aliphatic carbocycles. The van der Waals surface area contributed by atoms with Crippen molar-refractivity contribution >= 4 is 38.2 Å². The number of aromatic nitrogens is 1. The molecule has 0 radical (unpaired) electrons. The summed E-state index contributed by atoms with van der Waals surface area (Å²) in [5.41, 5.74) is 9.44. The zero-order chi connectivity index (χ0) is 36.3. The van der Waals surface area contributed by atoms with Crippen molar-refractivity contribution in [1.82, 2.24) is 10.3 Å². The standard InChI is InChI=1S/C34H41N3O12P2/c35-28(20-27-21-37-30-9-5-4-8-29(27)30)22-47-51(42,43)49-31-14-16-45-32(31)23-48-50(40,41)46-19-18-44-17-15-36-34(39)26-12-10-25(11-13-26)33(38)24-6-2-1-3-7-24/h1-13,21,28,31-32,37H,14-20,22-23,35H2,(H,36,39)(H,40,41)(H,42,43)/t28-,31-,32+/m0/s1. The lowest BCUT2D eigenvalue weighted by Gasteiger charge is -2.23. The summed E-state index contributed by atoms with van der Waals surface area (Å²) in [5, 5.41) is 3.69. The second-order valence-electron chi connectivity index (χ2n) is 11.7. The van der Waals surface area contributed by atoms with Crippen LogP contribution < -0.4 is 11.1 Å². The minimum Gasteiger partial charge on any atom is -0.377 e. The number of carbonyl (C=O) groups excluding carboxylic acids is 2. The number of rotatable bonds is 20. The van der Waals surface area contributed by atoms with Gasteiger partial charge in [0.05, 0.1) is 33.0 Å². The Bertz CT molecular complexity index is 1840. The van der Waals surface area contributed by atoms with Crippen LogP contribution in [0.1, 0.15) is 38.3 Å². The predicted molar refractivity (Wildman–Crippen MR) is 186 cm³/mol. The molecule has 3 aromatic carbocycles. The number of phosphoric acid groups is 2. The van der Waals surface area contributed by atoms with Crippen molar-refractivity contribution in [2.75, 3.05) is 46.2 Å². The first-order chi connectivity index (χ1) is 24.5. The summed E-state index contributed by atoms with van der Waals surface area (Å²) < 4.78 is 56.2. The lowest BCUT2D eigenvalue weighted by molar-refractivity contribution is -0.00550. The number of benzene rings is 3. The molecule has 0 spiro atoms. The molecular formula is C34H41N3O12P2. The van der Waals surface area contributed by atoms with Gasteiger partial charge in [0.1, 0.15) is 12.2 Å². The molecular weight excluding hydrogens is 704 g/mol. The number of aromatic amines is 1. The molecule has 274 valence electrons. The zero-order valence-corrected chi connectivity index (χ0v) is 29.4. The molecule has 2 unspecified atom stereocenters. The van der Waals surface area contributed by atoms with Crippen molar-refractivity contribution < 1.29 is 56.1 Å². The minimum atomic E-state index is -4.55. The number of ether oxygens (including phenoxy) is 2. The van der Waals surface area contributed by atoms with E-state index in [1.807, 2.05) is 36.5 Å². The van der Waals surface area contributed by atoms with Gasteiger partial charge in [0.2, 0.25) is 0 Å². The highest BCUT2D eigenvalue weighted by atomic mass is 31.2. The van der Waals surface area contributed by atoms with Gasteiger partial charge in [0.25, 0.3) is 5.91 Å². The lowest BCUT2D eigenvalue weighted by atomic mass is 10.0. The number of para-hydroxylation sites is 1. The Hall–Kier alpha value is -3.56. The summed E-state index contributed by atoms with van der Waals surface area (Å²) in [6.07, 6.45) is 0.581. The number of carbonyl (C=O) groups is 2. The van der Waals surface area contributed by atoms with E-state index in [0.717, 1.165) is 16.5 Å². The molecule has 5 atom stereocenters. The Balaban J connectivity index is 0.940. The Labute approximate surface area is 294 Å². The van der Waals surface area contributed by atoms with Crippen molar-refractivity contribution in [2.45, 2.75) is 31.1 Å². The van der Waals surface area contributed by atoms with Gasteiger partial charge in [0, 0.05) is 59.4 Å². The number of hydrogen-bond acceptors (Lipinski definition) is 11. The van der Waals surface area contributed by atoms with Crippen LogP contribution in [0.4, 0.5) is 0 Å². The molecule has 2 heterocycles. The van der Waals surface area contributed by atoms with Crippen molar-refractivity contribution in [2.24, 2.45) is 5.73 Å². The van der Waals surface area contributed by atoms with E-state index in [1.165, 1.54) is 0 Å². The number of H-pyrrole nitrogens is 1. The quantitative estimate of drug-likeness (QED) is 0.0489. The van der Waals surface area contributed by atoms with Gasteiger partial charge in [-0.1, -0.05) is 60.7 Å². The summed E-state index contributed by atoms with van der Waals surface area (Å²) in [6.45, 7) is -0.635. The lowest BCUT2D eigenvalue weighted by Crippen LogP contribution is -2.30. The number of fused-ring (bicyclic) bond motifs is 1. The number of ketones is 1. The number of nitrogens with two attached hydrogens (primary N) is 1.